The van der Waals surface area contributed by atoms with Crippen molar-refractivity contribution in [2.24, 2.45) is 0 Å². The van der Waals surface area contributed by atoms with Crippen LogP contribution in [0.5, 0.6) is 5.75 Å². The van der Waals surface area contributed by atoms with Gasteiger partial charge in [-0.1, -0.05) is 18.2 Å². The molecule has 1 aromatic carbocycles. The van der Waals surface area contributed by atoms with E-state index in [0.717, 1.165) is 10.9 Å². The van der Waals surface area contributed by atoms with Gasteiger partial charge in [-0.25, -0.2) is 4.98 Å². The van der Waals surface area contributed by atoms with E-state index >= 15 is 0 Å². The van der Waals surface area contributed by atoms with Crippen LogP contribution in [0.15, 0.2) is 42.6 Å². The van der Waals surface area contributed by atoms with Crippen LogP contribution >= 0.6 is 0 Å². The number of H-pyrrole nitrogens is 1. The highest BCUT2D eigenvalue weighted by Gasteiger charge is 2.15. The van der Waals surface area contributed by atoms with Gasteiger partial charge in [0.05, 0.1) is 5.52 Å². The molecule has 0 fully saturated rings. The third-order valence-electron chi connectivity index (χ3n) is 2.70. The van der Waals surface area contributed by atoms with Crippen LogP contribution in [0, 0.1) is 0 Å². The maximum absolute atomic E-state index is 12.1. The molecule has 3 rings (SSSR count). The fourth-order valence-corrected chi connectivity index (χ4v) is 1.80. The van der Waals surface area contributed by atoms with E-state index in [1.165, 1.54) is 12.3 Å². The Morgan fingerprint density at radius 3 is 2.89 bits per heavy atom. The first-order chi connectivity index (χ1) is 9.25. The smallest absolute Gasteiger partial charge is 0.278 e. The van der Waals surface area contributed by atoms with Crippen molar-refractivity contribution in [3.05, 3.63) is 48.3 Å². The van der Waals surface area contributed by atoms with Gasteiger partial charge in [0.2, 0.25) is 0 Å². The van der Waals surface area contributed by atoms with Crippen molar-refractivity contribution >= 4 is 22.6 Å². The summed E-state index contributed by atoms with van der Waals surface area (Å²) in [5.41, 5.74) is 1.04. The van der Waals surface area contributed by atoms with Gasteiger partial charge in [0.25, 0.3) is 5.91 Å². The van der Waals surface area contributed by atoms with Gasteiger partial charge in [-0.05, 0) is 18.2 Å². The SMILES string of the molecule is O=C(Nc1ncccc1O)c1n[nH]c2ccccc12. The second-order valence-corrected chi connectivity index (χ2v) is 3.94. The number of pyridine rings is 1. The lowest BCUT2D eigenvalue weighted by Crippen LogP contribution is -2.13. The number of aromatic amines is 1. The second-order valence-electron chi connectivity index (χ2n) is 3.94. The van der Waals surface area contributed by atoms with Gasteiger partial charge in [0.1, 0.15) is 0 Å². The predicted octanol–water partition coefficient (Wildman–Crippen LogP) is 1.92. The Balaban J connectivity index is 1.95. The highest BCUT2D eigenvalue weighted by atomic mass is 16.3. The molecule has 6 heteroatoms. The fourth-order valence-electron chi connectivity index (χ4n) is 1.80. The molecule has 1 amide bonds. The molecule has 0 saturated heterocycles. The fraction of sp³-hybridized carbons (Fsp3) is 0. The van der Waals surface area contributed by atoms with Crippen molar-refractivity contribution in [2.45, 2.75) is 0 Å². The van der Waals surface area contributed by atoms with Crippen LogP contribution in [-0.2, 0) is 0 Å². The highest BCUT2D eigenvalue weighted by Crippen LogP contribution is 2.21. The topological polar surface area (TPSA) is 90.9 Å². The number of nitrogens with one attached hydrogen (secondary N) is 2. The Bertz CT molecular complexity index is 751. The summed E-state index contributed by atoms with van der Waals surface area (Å²) in [5.74, 6) is -0.401. The van der Waals surface area contributed by atoms with Gasteiger partial charge in [-0.2, -0.15) is 5.10 Å². The van der Waals surface area contributed by atoms with E-state index in [0.29, 0.717) is 0 Å². The molecule has 0 radical (unpaired) electrons. The number of nitrogens with zero attached hydrogens (tertiary/aromatic N) is 2. The summed E-state index contributed by atoms with van der Waals surface area (Å²) in [6, 6.07) is 10.3. The number of benzene rings is 1. The zero-order chi connectivity index (χ0) is 13.2. The molecule has 0 spiro atoms. The molecule has 0 unspecified atom stereocenters. The zero-order valence-electron chi connectivity index (χ0n) is 9.79. The van der Waals surface area contributed by atoms with E-state index in [4.69, 9.17) is 0 Å². The highest BCUT2D eigenvalue weighted by molar-refractivity contribution is 6.11. The average molecular weight is 254 g/mol. The molecule has 0 saturated carbocycles. The predicted molar refractivity (Wildman–Crippen MR) is 69.9 cm³/mol. The molecule has 94 valence electrons. The van der Waals surface area contributed by atoms with Gasteiger partial charge in [0, 0.05) is 11.6 Å². The number of aromatic nitrogens is 3. The van der Waals surface area contributed by atoms with Crippen molar-refractivity contribution in [3.8, 4) is 5.75 Å². The summed E-state index contributed by atoms with van der Waals surface area (Å²) in [6.45, 7) is 0. The first kappa shape index (κ1) is 11.2. The van der Waals surface area contributed by atoms with Gasteiger partial charge in [0.15, 0.2) is 17.3 Å². The first-order valence-electron chi connectivity index (χ1n) is 5.64. The van der Waals surface area contributed by atoms with Crippen LogP contribution in [0.25, 0.3) is 10.9 Å². The molecule has 3 aromatic rings. The monoisotopic (exact) mass is 254 g/mol. The zero-order valence-corrected chi connectivity index (χ0v) is 9.79. The molecule has 2 heterocycles. The number of fused-ring (bicyclic) bond motifs is 1. The lowest BCUT2D eigenvalue weighted by atomic mass is 10.2. The molecule has 0 bridgehead atoms. The maximum Gasteiger partial charge on any atom is 0.278 e. The van der Waals surface area contributed by atoms with E-state index < -0.39 is 5.91 Å². The van der Waals surface area contributed by atoms with Crippen LogP contribution in [0.4, 0.5) is 5.82 Å². The van der Waals surface area contributed by atoms with Crippen molar-refractivity contribution in [3.63, 3.8) is 0 Å². The minimum Gasteiger partial charge on any atom is -0.504 e. The number of hydrogen-bond donors (Lipinski definition) is 3. The summed E-state index contributed by atoms with van der Waals surface area (Å²) in [5, 5.41) is 19.6. The third kappa shape index (κ3) is 1.99. The largest absolute Gasteiger partial charge is 0.504 e. The minimum atomic E-state index is -0.425. The van der Waals surface area contributed by atoms with E-state index in [2.05, 4.69) is 20.5 Å². The van der Waals surface area contributed by atoms with Crippen molar-refractivity contribution in [2.75, 3.05) is 5.32 Å². The Hall–Kier alpha value is -2.89. The van der Waals surface area contributed by atoms with Crippen LogP contribution in [0.1, 0.15) is 10.5 Å². The molecular formula is C13H10N4O2. The summed E-state index contributed by atoms with van der Waals surface area (Å²) in [7, 11) is 0. The number of amides is 1. The molecule has 0 aliphatic carbocycles. The summed E-state index contributed by atoms with van der Waals surface area (Å²) in [6.07, 6.45) is 1.48. The standard InChI is InChI=1S/C13H10N4O2/c18-10-6-3-7-14-12(10)15-13(19)11-8-4-1-2-5-9(8)16-17-11/h1-7,18H,(H,16,17)(H,14,15,19). The number of rotatable bonds is 2. The van der Waals surface area contributed by atoms with Crippen molar-refractivity contribution in [1.29, 1.82) is 0 Å². The van der Waals surface area contributed by atoms with Gasteiger partial charge in [-0.3, -0.25) is 9.89 Å². The Morgan fingerprint density at radius 2 is 2.05 bits per heavy atom. The number of carbonyl (C=O) groups is 1. The van der Waals surface area contributed by atoms with Crippen LogP contribution in [-0.4, -0.2) is 26.2 Å². The summed E-state index contributed by atoms with van der Waals surface area (Å²) < 4.78 is 0. The maximum atomic E-state index is 12.1. The first-order valence-corrected chi connectivity index (χ1v) is 5.64. The molecule has 3 N–H and O–H groups in total. The van der Waals surface area contributed by atoms with Crippen molar-refractivity contribution in [1.82, 2.24) is 15.2 Å². The molecule has 19 heavy (non-hydrogen) atoms. The number of hydrogen-bond acceptors (Lipinski definition) is 4. The number of anilines is 1. The van der Waals surface area contributed by atoms with Crippen LogP contribution in [0.2, 0.25) is 0 Å². The average Bonchev–Trinajstić information content (AvgIpc) is 2.85. The van der Waals surface area contributed by atoms with Gasteiger partial charge >= 0.3 is 0 Å². The van der Waals surface area contributed by atoms with Crippen molar-refractivity contribution < 1.29 is 9.90 Å². The molecule has 0 aliphatic heterocycles. The van der Waals surface area contributed by atoms with Gasteiger partial charge in [-0.15, -0.1) is 0 Å². The van der Waals surface area contributed by atoms with Crippen LogP contribution in [0.3, 0.4) is 0 Å². The van der Waals surface area contributed by atoms with E-state index in [-0.39, 0.29) is 17.3 Å². The number of para-hydroxylation sites is 1. The summed E-state index contributed by atoms with van der Waals surface area (Å²) in [4.78, 5) is 16.0. The quantitative estimate of drug-likeness (QED) is 0.651. The summed E-state index contributed by atoms with van der Waals surface area (Å²) >= 11 is 0. The molecule has 0 aliphatic rings. The third-order valence-corrected chi connectivity index (χ3v) is 2.70. The molecular weight excluding hydrogens is 244 g/mol. The normalized spacial score (nSPS) is 10.5. The van der Waals surface area contributed by atoms with E-state index in [1.54, 1.807) is 12.1 Å². The van der Waals surface area contributed by atoms with Crippen LogP contribution < -0.4 is 5.32 Å². The molecule has 6 nitrogen and oxygen atoms in total. The van der Waals surface area contributed by atoms with Gasteiger partial charge < -0.3 is 10.4 Å². The molecule has 2 aromatic heterocycles. The second kappa shape index (κ2) is 4.41. The number of aromatic hydroxyl groups is 1. The lowest BCUT2D eigenvalue weighted by Gasteiger charge is -2.03. The Labute approximate surface area is 108 Å². The van der Waals surface area contributed by atoms with E-state index in [9.17, 15) is 9.90 Å². The lowest BCUT2D eigenvalue weighted by molar-refractivity contribution is 0.102. The molecule has 0 atom stereocenters. The Morgan fingerprint density at radius 1 is 1.21 bits per heavy atom. The van der Waals surface area contributed by atoms with E-state index in [1.807, 2.05) is 18.2 Å². The minimum absolute atomic E-state index is 0.0873. The Kier molecular flexibility index (Phi) is 2.60. The number of carbonyl (C=O) groups excluding carboxylic acids is 1.